The topological polar surface area (TPSA) is 78.9 Å². The number of rotatable bonds is 48. The maximum Gasteiger partial charge on any atom is 0.306 e. The molecule has 0 saturated heterocycles. The van der Waals surface area contributed by atoms with Crippen molar-refractivity contribution in [2.75, 3.05) is 13.2 Å². The van der Waals surface area contributed by atoms with Crippen LogP contribution in [0.2, 0.25) is 0 Å². The molecule has 0 spiro atoms. The number of carbonyl (C=O) groups excluding carboxylic acids is 3. The monoisotopic (exact) mass is 905 g/mol. The van der Waals surface area contributed by atoms with Crippen molar-refractivity contribution < 1.29 is 28.6 Å². The molecule has 0 heterocycles. The van der Waals surface area contributed by atoms with Crippen molar-refractivity contribution in [2.45, 2.75) is 258 Å². The molecule has 65 heavy (non-hydrogen) atoms. The van der Waals surface area contributed by atoms with Crippen LogP contribution in [0.3, 0.4) is 0 Å². The molecule has 0 N–H and O–H groups in total. The Morgan fingerprint density at radius 1 is 0.323 bits per heavy atom. The van der Waals surface area contributed by atoms with Crippen molar-refractivity contribution in [3.8, 4) is 0 Å². The molecular formula is C59H100O6. The van der Waals surface area contributed by atoms with E-state index in [1.54, 1.807) is 0 Å². The van der Waals surface area contributed by atoms with Gasteiger partial charge >= 0.3 is 17.9 Å². The fourth-order valence-corrected chi connectivity index (χ4v) is 7.31. The quantitative estimate of drug-likeness (QED) is 0.0262. The van der Waals surface area contributed by atoms with Gasteiger partial charge in [-0.1, -0.05) is 228 Å². The number of unbranched alkanes of at least 4 members (excludes halogenated alkanes) is 23. The molecule has 1 atom stereocenters. The molecular weight excluding hydrogens is 805 g/mol. The van der Waals surface area contributed by atoms with Crippen LogP contribution in [0, 0.1) is 0 Å². The summed E-state index contributed by atoms with van der Waals surface area (Å²) in [7, 11) is 0. The van der Waals surface area contributed by atoms with Crippen LogP contribution in [0.15, 0.2) is 85.1 Å². The molecule has 0 amide bonds. The summed E-state index contributed by atoms with van der Waals surface area (Å²) in [4.78, 5) is 37.9. The van der Waals surface area contributed by atoms with Gasteiger partial charge in [0, 0.05) is 19.3 Å². The first-order valence-corrected chi connectivity index (χ1v) is 27.1. The predicted octanol–water partition coefficient (Wildman–Crippen LogP) is 18.0. The number of carbonyl (C=O) groups is 3. The molecule has 0 aromatic rings. The van der Waals surface area contributed by atoms with Crippen LogP contribution in [-0.2, 0) is 28.6 Å². The van der Waals surface area contributed by atoms with E-state index in [0.29, 0.717) is 19.3 Å². The van der Waals surface area contributed by atoms with Crippen molar-refractivity contribution in [1.82, 2.24) is 0 Å². The molecule has 0 radical (unpaired) electrons. The molecule has 0 aliphatic carbocycles. The molecule has 0 aliphatic heterocycles. The average molecular weight is 905 g/mol. The minimum absolute atomic E-state index is 0.0830. The van der Waals surface area contributed by atoms with E-state index >= 15 is 0 Å². The summed E-state index contributed by atoms with van der Waals surface area (Å²) in [5.74, 6) is -0.907. The lowest BCUT2D eigenvalue weighted by Crippen LogP contribution is -2.30. The van der Waals surface area contributed by atoms with E-state index in [1.807, 2.05) is 0 Å². The fraction of sp³-hybridized carbons (Fsp3) is 0.712. The Morgan fingerprint density at radius 3 is 0.985 bits per heavy atom. The number of esters is 3. The summed E-state index contributed by atoms with van der Waals surface area (Å²) in [5, 5.41) is 0. The highest BCUT2D eigenvalue weighted by molar-refractivity contribution is 5.71. The van der Waals surface area contributed by atoms with Crippen LogP contribution >= 0.6 is 0 Å². The Morgan fingerprint density at radius 2 is 0.615 bits per heavy atom. The molecule has 0 fully saturated rings. The summed E-state index contributed by atoms with van der Waals surface area (Å²) >= 11 is 0. The summed E-state index contributed by atoms with van der Waals surface area (Å²) in [6, 6.07) is 0. The number of allylic oxidation sites excluding steroid dienone is 14. The van der Waals surface area contributed by atoms with Crippen molar-refractivity contribution in [1.29, 1.82) is 0 Å². The van der Waals surface area contributed by atoms with E-state index in [0.717, 1.165) is 122 Å². The van der Waals surface area contributed by atoms with E-state index < -0.39 is 6.10 Å². The summed E-state index contributed by atoms with van der Waals surface area (Å²) in [6.45, 7) is 6.44. The maximum atomic E-state index is 12.8. The highest BCUT2D eigenvalue weighted by Crippen LogP contribution is 2.14. The van der Waals surface area contributed by atoms with Crippen LogP contribution in [-0.4, -0.2) is 37.2 Å². The van der Waals surface area contributed by atoms with E-state index in [1.165, 1.54) is 89.9 Å². The second kappa shape index (κ2) is 53.2. The molecule has 1 unspecified atom stereocenters. The number of hydrogen-bond acceptors (Lipinski definition) is 6. The van der Waals surface area contributed by atoms with Gasteiger partial charge in [0.05, 0.1) is 0 Å². The first-order chi connectivity index (χ1) is 32.0. The normalized spacial score (nSPS) is 12.7. The second-order valence-electron chi connectivity index (χ2n) is 17.8. The first kappa shape index (κ1) is 61.6. The van der Waals surface area contributed by atoms with Gasteiger partial charge in [-0.3, -0.25) is 14.4 Å². The Balaban J connectivity index is 4.24. The van der Waals surface area contributed by atoms with Gasteiger partial charge in [-0.25, -0.2) is 0 Å². The van der Waals surface area contributed by atoms with Crippen LogP contribution in [0.4, 0.5) is 0 Å². The van der Waals surface area contributed by atoms with Gasteiger partial charge in [0.25, 0.3) is 0 Å². The van der Waals surface area contributed by atoms with E-state index in [4.69, 9.17) is 14.2 Å². The van der Waals surface area contributed by atoms with Gasteiger partial charge in [-0.05, 0) is 89.9 Å². The van der Waals surface area contributed by atoms with Gasteiger partial charge in [-0.15, -0.1) is 0 Å². The van der Waals surface area contributed by atoms with Crippen molar-refractivity contribution in [2.24, 2.45) is 0 Å². The number of ether oxygens (including phenoxy) is 3. The zero-order valence-electron chi connectivity index (χ0n) is 42.5. The SMILES string of the molecule is CC/C=C\C/C=C\C/C=C\C/C=C\C/C=C\CCCCCCCCCCCC(=O)OCC(COC(=O)CCCCCCCCCC)OC(=O)CCCCCCC/C=C\C/C=C\CCCC. The van der Waals surface area contributed by atoms with Crippen LogP contribution in [0.25, 0.3) is 0 Å². The Kier molecular flexibility index (Phi) is 50.4. The fourth-order valence-electron chi connectivity index (χ4n) is 7.31. The van der Waals surface area contributed by atoms with Crippen molar-refractivity contribution in [3.63, 3.8) is 0 Å². The lowest BCUT2D eigenvalue weighted by molar-refractivity contribution is -0.167. The standard InChI is InChI=1S/C59H100O6/c1-4-7-10-13-16-19-21-23-25-26-27-28-29-30-31-32-33-34-35-37-38-40-43-46-49-52-58(61)64-55-56(54-63-57(60)51-48-45-42-18-15-12-9-6-3)65-59(62)53-50-47-44-41-39-36-24-22-20-17-14-11-8-5-2/h7,10,14,16-17,19,22-25,27-28,30-31,56H,4-6,8-9,11-13,15,18,20-21,26,29,32-55H2,1-3H3/b10-7-,17-14-,19-16-,24-22-,25-23-,28-27-,31-30-. The molecule has 0 saturated carbocycles. The third-order valence-electron chi connectivity index (χ3n) is 11.4. The van der Waals surface area contributed by atoms with Gasteiger partial charge in [0.2, 0.25) is 0 Å². The molecule has 0 rings (SSSR count). The maximum absolute atomic E-state index is 12.8. The summed E-state index contributed by atoms with van der Waals surface area (Å²) < 4.78 is 16.8. The van der Waals surface area contributed by atoms with Crippen molar-refractivity contribution in [3.05, 3.63) is 85.1 Å². The molecule has 0 aromatic heterocycles. The van der Waals surface area contributed by atoms with E-state index in [9.17, 15) is 14.4 Å². The Hall–Kier alpha value is -3.41. The molecule has 0 aromatic carbocycles. The van der Waals surface area contributed by atoms with Gasteiger partial charge in [0.15, 0.2) is 6.10 Å². The molecule has 372 valence electrons. The average Bonchev–Trinajstić information content (AvgIpc) is 3.30. The van der Waals surface area contributed by atoms with Crippen molar-refractivity contribution >= 4 is 17.9 Å². The minimum Gasteiger partial charge on any atom is -0.462 e. The van der Waals surface area contributed by atoms with E-state index in [-0.39, 0.29) is 31.1 Å². The third-order valence-corrected chi connectivity index (χ3v) is 11.4. The highest BCUT2D eigenvalue weighted by Gasteiger charge is 2.19. The minimum atomic E-state index is -0.783. The zero-order valence-corrected chi connectivity index (χ0v) is 42.5. The van der Waals surface area contributed by atoms with Crippen LogP contribution in [0.1, 0.15) is 252 Å². The smallest absolute Gasteiger partial charge is 0.306 e. The molecule has 6 nitrogen and oxygen atoms in total. The van der Waals surface area contributed by atoms with Crippen LogP contribution in [0.5, 0.6) is 0 Å². The Labute approximate surface area is 401 Å². The highest BCUT2D eigenvalue weighted by atomic mass is 16.6. The van der Waals surface area contributed by atoms with Gasteiger partial charge in [0.1, 0.15) is 13.2 Å². The van der Waals surface area contributed by atoms with E-state index in [2.05, 4.69) is 106 Å². The molecule has 0 aliphatic rings. The Bertz CT molecular complexity index is 1270. The largest absolute Gasteiger partial charge is 0.462 e. The summed E-state index contributed by atoms with van der Waals surface area (Å²) in [6.07, 6.45) is 68.7. The predicted molar refractivity (Wildman–Crippen MR) is 279 cm³/mol. The first-order valence-electron chi connectivity index (χ1n) is 27.1. The third kappa shape index (κ3) is 51.4. The lowest BCUT2D eigenvalue weighted by Gasteiger charge is -2.18. The van der Waals surface area contributed by atoms with Gasteiger partial charge in [-0.2, -0.15) is 0 Å². The zero-order chi connectivity index (χ0) is 47.2. The summed E-state index contributed by atoms with van der Waals surface area (Å²) in [5.41, 5.74) is 0. The molecule has 6 heteroatoms. The second-order valence-corrected chi connectivity index (χ2v) is 17.8. The van der Waals surface area contributed by atoms with Gasteiger partial charge < -0.3 is 14.2 Å². The van der Waals surface area contributed by atoms with Crippen LogP contribution < -0.4 is 0 Å². The lowest BCUT2D eigenvalue weighted by atomic mass is 10.1. The molecule has 0 bridgehead atoms. The number of hydrogen-bond donors (Lipinski definition) is 0.